The summed E-state index contributed by atoms with van der Waals surface area (Å²) in [7, 11) is 0. The molecule has 0 saturated carbocycles. The predicted octanol–water partition coefficient (Wildman–Crippen LogP) is 6.38. The molecule has 0 spiro atoms. The van der Waals surface area contributed by atoms with Gasteiger partial charge in [0.1, 0.15) is 0 Å². The average molecular weight is 427 g/mol. The van der Waals surface area contributed by atoms with E-state index in [9.17, 15) is 0 Å². The lowest BCUT2D eigenvalue weighted by molar-refractivity contribution is 0.573. The van der Waals surface area contributed by atoms with E-state index in [0.29, 0.717) is 0 Å². The van der Waals surface area contributed by atoms with Gasteiger partial charge in [0.25, 0.3) is 0 Å². The summed E-state index contributed by atoms with van der Waals surface area (Å²) < 4.78 is -6.29. The number of hydrogen-bond acceptors (Lipinski definition) is 0. The third kappa shape index (κ3) is 1.95. The molecule has 0 nitrogen and oxygen atoms in total. The second kappa shape index (κ2) is 4.58. The van der Waals surface area contributed by atoms with Crippen molar-refractivity contribution in [2.45, 2.75) is 17.3 Å². The Morgan fingerprint density at radius 1 is 0.688 bits per heavy atom. The van der Waals surface area contributed by atoms with E-state index in [1.54, 1.807) is 0 Å². The molecular weight excluding hydrogens is 427 g/mol. The quantitative estimate of drug-likeness (QED) is 0.394. The molecule has 0 atom stereocenters. The molecule has 94 valence electrons. The molecule has 0 N–H and O–H groups in total. The summed E-state index contributed by atoms with van der Waals surface area (Å²) in [5.74, 6) is 0. The molecule has 0 bridgehead atoms. The monoisotopic (exact) mass is 422 g/mol. The van der Waals surface area contributed by atoms with E-state index in [1.165, 1.54) is 0 Å². The lowest BCUT2D eigenvalue weighted by Gasteiger charge is -2.43. The van der Waals surface area contributed by atoms with Gasteiger partial charge < -0.3 is 0 Å². The normalized spacial score (nSPS) is 27.4. The maximum atomic E-state index is 6.09. The second-order valence-electron chi connectivity index (χ2n) is 2.93. The molecule has 0 amide bonds. The van der Waals surface area contributed by atoms with E-state index in [4.69, 9.17) is 116 Å². The van der Waals surface area contributed by atoms with Gasteiger partial charge in [-0.2, -0.15) is 0 Å². The van der Waals surface area contributed by atoms with Crippen molar-refractivity contribution in [3.05, 3.63) is 10.1 Å². The van der Waals surface area contributed by atoms with Crippen LogP contribution in [0.5, 0.6) is 0 Å². The topological polar surface area (TPSA) is 0 Å². The summed E-state index contributed by atoms with van der Waals surface area (Å²) in [6, 6.07) is 0. The highest BCUT2D eigenvalue weighted by atomic mass is 35.6. The first-order valence-electron chi connectivity index (χ1n) is 3.39. The van der Waals surface area contributed by atoms with Gasteiger partial charge in [0, 0.05) is 0 Å². The van der Waals surface area contributed by atoms with Crippen LogP contribution >= 0.6 is 116 Å². The van der Waals surface area contributed by atoms with Crippen LogP contribution in [0.3, 0.4) is 0 Å². The standard InChI is InChI=1S/C6Cl10/c7-1-2(8)4(11,12)5(13,3(1,9)10)6(14,15)16. The largest absolute Gasteiger partial charge is 0.216 e. The fourth-order valence-corrected chi connectivity index (χ4v) is 5.31. The highest BCUT2D eigenvalue weighted by molar-refractivity contribution is 6.79. The smallest absolute Gasteiger partial charge is 0.107 e. The number of allylic oxidation sites excluding steroid dienone is 2. The van der Waals surface area contributed by atoms with Crippen LogP contribution in [0.15, 0.2) is 10.1 Å². The van der Waals surface area contributed by atoms with Crippen molar-refractivity contribution in [1.29, 1.82) is 0 Å². The van der Waals surface area contributed by atoms with Gasteiger partial charge in [-0.25, -0.2) is 0 Å². The van der Waals surface area contributed by atoms with E-state index in [0.717, 1.165) is 0 Å². The molecule has 0 fully saturated rings. The summed E-state index contributed by atoms with van der Waals surface area (Å²) in [5, 5.41) is -0.576. The molecule has 16 heavy (non-hydrogen) atoms. The molecule has 1 aliphatic rings. The van der Waals surface area contributed by atoms with Crippen molar-refractivity contribution in [1.82, 2.24) is 0 Å². The third-order valence-electron chi connectivity index (χ3n) is 2.00. The molecule has 0 saturated heterocycles. The van der Waals surface area contributed by atoms with E-state index in [-0.39, 0.29) is 10.1 Å². The van der Waals surface area contributed by atoms with Crippen molar-refractivity contribution in [3.8, 4) is 0 Å². The summed E-state index contributed by atoms with van der Waals surface area (Å²) in [6.45, 7) is 0. The maximum Gasteiger partial charge on any atom is 0.216 e. The Kier molecular flexibility index (Phi) is 4.78. The van der Waals surface area contributed by atoms with E-state index < -0.39 is 17.3 Å². The lowest BCUT2D eigenvalue weighted by atomic mass is 10.1. The highest BCUT2D eigenvalue weighted by Gasteiger charge is 2.77. The SMILES string of the molecule is ClC1=C(Cl)C(Cl)(Cl)C(Cl)(C(Cl)(Cl)Cl)C1(Cl)Cl. The number of hydrogen-bond donors (Lipinski definition) is 0. The molecular formula is C6Cl10. The van der Waals surface area contributed by atoms with Crippen LogP contribution in [0.4, 0.5) is 0 Å². The first-order valence-corrected chi connectivity index (χ1v) is 7.17. The van der Waals surface area contributed by atoms with Gasteiger partial charge >= 0.3 is 0 Å². The molecule has 0 radical (unpaired) electrons. The van der Waals surface area contributed by atoms with Gasteiger partial charge in [0.05, 0.1) is 10.1 Å². The molecule has 1 aliphatic carbocycles. The van der Waals surface area contributed by atoms with Gasteiger partial charge in [-0.3, -0.25) is 0 Å². The highest BCUT2D eigenvalue weighted by Crippen LogP contribution is 2.71. The first-order chi connectivity index (χ1) is 6.82. The van der Waals surface area contributed by atoms with Crippen LogP contribution in [-0.2, 0) is 0 Å². The Hall–Kier alpha value is 2.64. The Bertz CT molecular complexity index is 323. The Morgan fingerprint density at radius 2 is 0.938 bits per heavy atom. The second-order valence-corrected chi connectivity index (χ2v) is 9.19. The average Bonchev–Trinajstić information content (AvgIpc) is 2.18. The Balaban J connectivity index is 3.56. The van der Waals surface area contributed by atoms with Crippen LogP contribution in [0.2, 0.25) is 0 Å². The molecule has 0 aromatic heterocycles. The van der Waals surface area contributed by atoms with Crippen molar-refractivity contribution in [3.63, 3.8) is 0 Å². The summed E-state index contributed by atoms with van der Waals surface area (Å²) in [4.78, 5) is -2.14. The molecule has 0 aromatic carbocycles. The summed E-state index contributed by atoms with van der Waals surface area (Å²) in [6.07, 6.45) is 0. The maximum absolute atomic E-state index is 6.09. The van der Waals surface area contributed by atoms with Gasteiger partial charge in [-0.05, 0) is 0 Å². The molecule has 0 aliphatic heterocycles. The number of alkyl halides is 8. The van der Waals surface area contributed by atoms with Gasteiger partial charge in [0.2, 0.25) is 3.79 Å². The molecule has 0 heterocycles. The van der Waals surface area contributed by atoms with Crippen LogP contribution in [-0.4, -0.2) is 17.3 Å². The van der Waals surface area contributed by atoms with Crippen molar-refractivity contribution in [2.75, 3.05) is 0 Å². The van der Waals surface area contributed by atoms with Gasteiger partial charge in [-0.15, -0.1) is 11.6 Å². The van der Waals surface area contributed by atoms with Crippen LogP contribution in [0.25, 0.3) is 0 Å². The minimum atomic E-state index is -2.21. The zero-order chi connectivity index (χ0) is 13.2. The lowest BCUT2D eigenvalue weighted by Crippen LogP contribution is -2.58. The first kappa shape index (κ1) is 16.7. The fraction of sp³-hybridized carbons (Fsp3) is 0.667. The van der Waals surface area contributed by atoms with Crippen LogP contribution in [0, 0.1) is 0 Å². The minimum absolute atomic E-state index is 0.288. The summed E-state index contributed by atoms with van der Waals surface area (Å²) in [5.41, 5.74) is 0. The number of rotatable bonds is 0. The molecule has 0 unspecified atom stereocenters. The van der Waals surface area contributed by atoms with Crippen LogP contribution < -0.4 is 0 Å². The van der Waals surface area contributed by atoms with Crippen LogP contribution in [0.1, 0.15) is 0 Å². The summed E-state index contributed by atoms with van der Waals surface area (Å²) >= 11 is 58.5. The fourth-order valence-electron chi connectivity index (χ4n) is 1.13. The van der Waals surface area contributed by atoms with Gasteiger partial charge in [0.15, 0.2) is 13.5 Å². The van der Waals surface area contributed by atoms with Crippen molar-refractivity contribution < 1.29 is 0 Å². The number of halogens is 10. The third-order valence-corrected chi connectivity index (χ3v) is 7.70. The zero-order valence-corrected chi connectivity index (χ0v) is 14.3. The molecule has 10 heteroatoms. The van der Waals surface area contributed by atoms with E-state index in [1.807, 2.05) is 0 Å². The zero-order valence-electron chi connectivity index (χ0n) is 6.78. The van der Waals surface area contributed by atoms with Crippen molar-refractivity contribution in [2.24, 2.45) is 0 Å². The minimum Gasteiger partial charge on any atom is -0.107 e. The van der Waals surface area contributed by atoms with Crippen molar-refractivity contribution >= 4 is 116 Å². The Labute approximate surface area is 142 Å². The van der Waals surface area contributed by atoms with Gasteiger partial charge in [-0.1, -0.05) is 104 Å². The predicted molar refractivity (Wildman–Crippen MR) is 76.5 cm³/mol. The van der Waals surface area contributed by atoms with E-state index in [2.05, 4.69) is 0 Å². The van der Waals surface area contributed by atoms with E-state index >= 15 is 0 Å². The molecule has 1 rings (SSSR count). The Morgan fingerprint density at radius 3 is 1.06 bits per heavy atom. The molecule has 0 aromatic rings.